The first-order valence-corrected chi connectivity index (χ1v) is 23.3. The summed E-state index contributed by atoms with van der Waals surface area (Å²) in [5, 5.41) is 10.0. The molecule has 4 aliphatic rings. The van der Waals surface area contributed by atoms with Crippen LogP contribution in [0.2, 0.25) is 0 Å². The van der Waals surface area contributed by atoms with Crippen molar-refractivity contribution in [1.29, 1.82) is 0 Å². The van der Waals surface area contributed by atoms with Crippen molar-refractivity contribution in [3.05, 3.63) is 11.6 Å². The number of rotatable bonds is 27. The van der Waals surface area contributed by atoms with Crippen molar-refractivity contribution in [2.24, 2.45) is 46.3 Å². The van der Waals surface area contributed by atoms with E-state index in [1.807, 2.05) is 0 Å². The summed E-state index contributed by atoms with van der Waals surface area (Å²) in [7, 11) is 0. The third-order valence-corrected chi connectivity index (χ3v) is 15.3. The zero-order valence-electron chi connectivity index (χ0n) is 35.2. The summed E-state index contributed by atoms with van der Waals surface area (Å²) < 4.78 is 12.6. The molecule has 3 fully saturated rings. The van der Waals surface area contributed by atoms with Crippen LogP contribution in [0, 0.1) is 46.3 Å². The minimum atomic E-state index is -0.182. The standard InChI is InChI=1S/C48H88O3/c1-7-8-9-10-11-12-13-14-15-16-17-18-19-20-21-22-34-50-42(36-49)37-51-41-30-32-47(5)40(35-41)26-27-43-45-29-28-44(39(4)25-23-24-38(2)3)48(45,6)33-31-46(43)47/h26,38-39,41-46,49H,7-25,27-37H2,1-6H3/t39-,41+,42?,43+,44-,45+,46+,47+,48-/m1/s1. The molecule has 9 atom stereocenters. The van der Waals surface area contributed by atoms with Crippen LogP contribution in [-0.4, -0.2) is 37.1 Å². The molecule has 1 unspecified atom stereocenters. The number of hydrogen-bond donors (Lipinski definition) is 1. The highest BCUT2D eigenvalue weighted by atomic mass is 16.5. The van der Waals surface area contributed by atoms with E-state index in [0.717, 1.165) is 61.4 Å². The Balaban J connectivity index is 1.07. The Hall–Kier alpha value is -0.380. The van der Waals surface area contributed by atoms with E-state index in [-0.39, 0.29) is 18.8 Å². The van der Waals surface area contributed by atoms with Gasteiger partial charge < -0.3 is 14.6 Å². The van der Waals surface area contributed by atoms with Crippen LogP contribution in [0.1, 0.15) is 215 Å². The van der Waals surface area contributed by atoms with Crippen molar-refractivity contribution in [2.45, 2.75) is 227 Å². The molecule has 3 nitrogen and oxygen atoms in total. The Labute approximate surface area is 318 Å². The number of aliphatic hydroxyl groups is 1. The van der Waals surface area contributed by atoms with Gasteiger partial charge in [0.05, 0.1) is 19.3 Å². The van der Waals surface area contributed by atoms with Gasteiger partial charge in [-0.3, -0.25) is 0 Å². The van der Waals surface area contributed by atoms with Gasteiger partial charge in [-0.2, -0.15) is 0 Å². The fourth-order valence-electron chi connectivity index (χ4n) is 12.1. The molecule has 0 aromatic carbocycles. The molecule has 3 saturated carbocycles. The minimum Gasteiger partial charge on any atom is -0.394 e. The highest BCUT2D eigenvalue weighted by molar-refractivity contribution is 5.25. The van der Waals surface area contributed by atoms with Crippen molar-refractivity contribution in [2.75, 3.05) is 19.8 Å². The molecule has 0 bridgehead atoms. The highest BCUT2D eigenvalue weighted by Crippen LogP contribution is 2.67. The van der Waals surface area contributed by atoms with E-state index in [4.69, 9.17) is 9.47 Å². The fraction of sp³-hybridized carbons (Fsp3) is 0.958. The third kappa shape index (κ3) is 12.8. The topological polar surface area (TPSA) is 38.7 Å². The van der Waals surface area contributed by atoms with Crippen LogP contribution in [-0.2, 0) is 9.47 Å². The molecule has 0 amide bonds. The van der Waals surface area contributed by atoms with Gasteiger partial charge in [-0.25, -0.2) is 0 Å². The summed E-state index contributed by atoms with van der Waals surface area (Å²) in [6, 6.07) is 0. The SMILES string of the molecule is CCCCCCCCCCCCCCCCCCOC(CO)CO[C@H]1CC[C@@]2(C)C(=CC[C@H]3[C@@H]4CC[C@H]([C@H](C)CCCC(C)C)[C@@]4(C)CC[C@@H]32)C1. The van der Waals surface area contributed by atoms with Crippen molar-refractivity contribution < 1.29 is 14.6 Å². The lowest BCUT2D eigenvalue weighted by Gasteiger charge is -2.58. The quantitative estimate of drug-likeness (QED) is 0.0681. The number of aliphatic hydroxyl groups excluding tert-OH is 1. The Morgan fingerprint density at radius 1 is 0.725 bits per heavy atom. The Kier molecular flexibility index (Phi) is 19.4. The van der Waals surface area contributed by atoms with E-state index in [9.17, 15) is 5.11 Å². The number of hydrogen-bond acceptors (Lipinski definition) is 3. The first-order chi connectivity index (χ1) is 24.7. The van der Waals surface area contributed by atoms with Crippen LogP contribution in [0.3, 0.4) is 0 Å². The van der Waals surface area contributed by atoms with Gasteiger partial charge in [0.1, 0.15) is 6.10 Å². The predicted molar refractivity (Wildman–Crippen MR) is 219 cm³/mol. The summed E-state index contributed by atoms with van der Waals surface area (Å²) in [6.45, 7) is 16.4. The van der Waals surface area contributed by atoms with Crippen LogP contribution in [0.5, 0.6) is 0 Å². The van der Waals surface area contributed by atoms with E-state index in [1.165, 1.54) is 154 Å². The highest BCUT2D eigenvalue weighted by Gasteiger charge is 2.59. The lowest BCUT2D eigenvalue weighted by Crippen LogP contribution is -2.51. The van der Waals surface area contributed by atoms with E-state index < -0.39 is 0 Å². The normalized spacial score (nSPS) is 31.6. The number of fused-ring (bicyclic) bond motifs is 5. The summed E-state index contributed by atoms with van der Waals surface area (Å²) in [5.74, 6) is 5.33. The molecule has 4 aliphatic carbocycles. The first kappa shape index (κ1) is 43.3. The fourth-order valence-corrected chi connectivity index (χ4v) is 12.1. The van der Waals surface area contributed by atoms with Gasteiger partial charge in [-0.1, -0.05) is 169 Å². The molecular formula is C48H88O3. The minimum absolute atomic E-state index is 0.0627. The van der Waals surface area contributed by atoms with Crippen molar-refractivity contribution in [3.8, 4) is 0 Å². The van der Waals surface area contributed by atoms with Crippen molar-refractivity contribution in [1.82, 2.24) is 0 Å². The largest absolute Gasteiger partial charge is 0.394 e. The molecule has 0 saturated heterocycles. The van der Waals surface area contributed by atoms with Crippen LogP contribution < -0.4 is 0 Å². The second-order valence-corrected chi connectivity index (χ2v) is 19.5. The molecule has 0 aromatic rings. The van der Waals surface area contributed by atoms with Gasteiger partial charge in [0.15, 0.2) is 0 Å². The van der Waals surface area contributed by atoms with Gasteiger partial charge in [-0.05, 0) is 104 Å². The van der Waals surface area contributed by atoms with E-state index in [1.54, 1.807) is 5.57 Å². The molecule has 0 radical (unpaired) electrons. The lowest BCUT2D eigenvalue weighted by atomic mass is 9.47. The second-order valence-electron chi connectivity index (χ2n) is 19.5. The van der Waals surface area contributed by atoms with Gasteiger partial charge in [0.2, 0.25) is 0 Å². The molecule has 4 rings (SSSR count). The Morgan fingerprint density at radius 3 is 1.96 bits per heavy atom. The van der Waals surface area contributed by atoms with Gasteiger partial charge in [0.25, 0.3) is 0 Å². The van der Waals surface area contributed by atoms with Gasteiger partial charge in [0, 0.05) is 6.61 Å². The second kappa shape index (κ2) is 22.9. The van der Waals surface area contributed by atoms with Crippen LogP contribution >= 0.6 is 0 Å². The summed E-state index contributed by atoms with van der Waals surface area (Å²) in [4.78, 5) is 0. The average molecular weight is 713 g/mol. The van der Waals surface area contributed by atoms with E-state index in [0.29, 0.717) is 17.4 Å². The molecule has 1 N–H and O–H groups in total. The summed E-state index contributed by atoms with van der Waals surface area (Å²) in [6.07, 6.45) is 39.9. The van der Waals surface area contributed by atoms with Gasteiger partial charge >= 0.3 is 0 Å². The maximum Gasteiger partial charge on any atom is 0.104 e. The summed E-state index contributed by atoms with van der Waals surface area (Å²) in [5.41, 5.74) is 2.63. The zero-order chi connectivity index (χ0) is 36.5. The maximum absolute atomic E-state index is 10.0. The Morgan fingerprint density at radius 2 is 1.35 bits per heavy atom. The molecule has 0 spiro atoms. The van der Waals surface area contributed by atoms with Crippen LogP contribution in [0.4, 0.5) is 0 Å². The van der Waals surface area contributed by atoms with Crippen molar-refractivity contribution >= 4 is 0 Å². The predicted octanol–water partition coefficient (Wildman–Crippen LogP) is 14.1. The van der Waals surface area contributed by atoms with Crippen LogP contribution in [0.15, 0.2) is 11.6 Å². The lowest BCUT2D eigenvalue weighted by molar-refractivity contribution is -0.0872. The monoisotopic (exact) mass is 713 g/mol. The average Bonchev–Trinajstić information content (AvgIpc) is 3.48. The maximum atomic E-state index is 10.0. The number of unbranched alkanes of at least 4 members (excludes halogenated alkanes) is 15. The molecular weight excluding hydrogens is 625 g/mol. The number of ether oxygens (including phenoxy) is 2. The molecule has 0 heterocycles. The Bertz CT molecular complexity index is 958. The molecule has 3 heteroatoms. The van der Waals surface area contributed by atoms with Crippen molar-refractivity contribution in [3.63, 3.8) is 0 Å². The smallest absolute Gasteiger partial charge is 0.104 e. The zero-order valence-corrected chi connectivity index (χ0v) is 35.2. The molecule has 51 heavy (non-hydrogen) atoms. The van der Waals surface area contributed by atoms with E-state index >= 15 is 0 Å². The van der Waals surface area contributed by atoms with Crippen LogP contribution in [0.25, 0.3) is 0 Å². The molecule has 0 aromatic heterocycles. The number of allylic oxidation sites excluding steroid dienone is 1. The third-order valence-electron chi connectivity index (χ3n) is 15.3. The van der Waals surface area contributed by atoms with E-state index in [2.05, 4.69) is 47.6 Å². The van der Waals surface area contributed by atoms with Gasteiger partial charge in [-0.15, -0.1) is 0 Å². The molecule has 298 valence electrons. The molecule has 0 aliphatic heterocycles. The first-order valence-electron chi connectivity index (χ1n) is 23.3. The summed E-state index contributed by atoms with van der Waals surface area (Å²) >= 11 is 0.